The molecule has 16 heavy (non-hydrogen) atoms. The molecule has 0 aliphatic carbocycles. The molecule has 0 aromatic rings. The number of ether oxygens (including phenoxy) is 1. The predicted molar refractivity (Wildman–Crippen MR) is 70.7 cm³/mol. The van der Waals surface area contributed by atoms with Crippen LogP contribution in [0.15, 0.2) is 0 Å². The van der Waals surface area contributed by atoms with Crippen LogP contribution in [0, 0.1) is 0 Å². The Balaban J connectivity index is 4.40. The van der Waals surface area contributed by atoms with E-state index in [1.54, 1.807) is 7.11 Å². The normalized spacial score (nSPS) is 14.4. The summed E-state index contributed by atoms with van der Waals surface area (Å²) in [5.74, 6) is 0. The number of methoxy groups -OCH3 is 1. The van der Waals surface area contributed by atoms with Gasteiger partial charge in [0.25, 0.3) is 0 Å². The van der Waals surface area contributed by atoms with Crippen molar-refractivity contribution in [2.45, 2.75) is 58.6 Å². The average Bonchev–Trinajstić information content (AvgIpc) is 2.26. The lowest BCUT2D eigenvalue weighted by Gasteiger charge is -2.35. The van der Waals surface area contributed by atoms with E-state index in [4.69, 9.17) is 10.5 Å². The van der Waals surface area contributed by atoms with Crippen molar-refractivity contribution in [3.05, 3.63) is 0 Å². The van der Waals surface area contributed by atoms with Crippen LogP contribution in [-0.2, 0) is 4.74 Å². The quantitative estimate of drug-likeness (QED) is 0.660. The molecular formula is C13H30N2O. The molecule has 98 valence electrons. The molecular weight excluding hydrogens is 200 g/mol. The summed E-state index contributed by atoms with van der Waals surface area (Å²) in [5, 5.41) is 0. The van der Waals surface area contributed by atoms with Crippen LogP contribution in [-0.4, -0.2) is 43.3 Å². The number of nitrogens with zero attached hydrogens (tertiary/aromatic N) is 1. The van der Waals surface area contributed by atoms with Gasteiger partial charge in [-0.1, -0.05) is 13.8 Å². The minimum Gasteiger partial charge on any atom is -0.379 e. The minimum atomic E-state index is -0.0796. The van der Waals surface area contributed by atoms with Crippen LogP contribution >= 0.6 is 0 Å². The third-order valence-electron chi connectivity index (χ3n) is 3.09. The molecule has 0 aliphatic heterocycles. The highest BCUT2D eigenvalue weighted by atomic mass is 16.5. The fourth-order valence-electron chi connectivity index (χ4n) is 2.06. The van der Waals surface area contributed by atoms with Gasteiger partial charge in [-0.15, -0.1) is 0 Å². The summed E-state index contributed by atoms with van der Waals surface area (Å²) in [6.45, 7) is 11.7. The van der Waals surface area contributed by atoms with E-state index in [0.29, 0.717) is 12.6 Å². The Morgan fingerprint density at radius 2 is 1.69 bits per heavy atom. The molecule has 1 unspecified atom stereocenters. The Hall–Kier alpha value is -0.120. The van der Waals surface area contributed by atoms with Gasteiger partial charge in [-0.05, 0) is 46.2 Å². The van der Waals surface area contributed by atoms with E-state index in [9.17, 15) is 0 Å². The van der Waals surface area contributed by atoms with E-state index in [1.165, 1.54) is 12.8 Å². The zero-order valence-electron chi connectivity index (χ0n) is 11.8. The number of hydrogen-bond donors (Lipinski definition) is 1. The first-order valence-electron chi connectivity index (χ1n) is 6.50. The molecule has 0 saturated heterocycles. The Morgan fingerprint density at radius 3 is 2.00 bits per heavy atom. The van der Waals surface area contributed by atoms with Gasteiger partial charge in [-0.2, -0.15) is 0 Å². The SMILES string of the molecule is CCCN(CCC)C(CN)CC(C)(C)OC. The molecule has 0 fully saturated rings. The maximum atomic E-state index is 5.90. The second-order valence-electron chi connectivity index (χ2n) is 5.09. The summed E-state index contributed by atoms with van der Waals surface area (Å²) in [5.41, 5.74) is 5.82. The molecule has 1 atom stereocenters. The van der Waals surface area contributed by atoms with Crippen molar-refractivity contribution in [1.29, 1.82) is 0 Å². The Bertz CT molecular complexity index is 165. The van der Waals surface area contributed by atoms with Gasteiger partial charge in [0.15, 0.2) is 0 Å². The van der Waals surface area contributed by atoms with Crippen LogP contribution in [0.25, 0.3) is 0 Å². The maximum absolute atomic E-state index is 5.90. The molecule has 0 radical (unpaired) electrons. The Morgan fingerprint density at radius 1 is 1.19 bits per heavy atom. The van der Waals surface area contributed by atoms with Gasteiger partial charge in [-0.25, -0.2) is 0 Å². The summed E-state index contributed by atoms with van der Waals surface area (Å²) < 4.78 is 5.49. The fraction of sp³-hybridized carbons (Fsp3) is 1.00. The van der Waals surface area contributed by atoms with Crippen molar-refractivity contribution in [3.8, 4) is 0 Å². The second kappa shape index (κ2) is 8.04. The minimum absolute atomic E-state index is 0.0796. The van der Waals surface area contributed by atoms with E-state index in [1.807, 2.05) is 0 Å². The van der Waals surface area contributed by atoms with Crippen molar-refractivity contribution in [2.24, 2.45) is 5.73 Å². The van der Waals surface area contributed by atoms with Gasteiger partial charge in [0, 0.05) is 19.7 Å². The highest BCUT2D eigenvalue weighted by Crippen LogP contribution is 2.19. The third kappa shape index (κ3) is 5.83. The van der Waals surface area contributed by atoms with Gasteiger partial charge < -0.3 is 10.5 Å². The van der Waals surface area contributed by atoms with Crippen LogP contribution in [0.4, 0.5) is 0 Å². The maximum Gasteiger partial charge on any atom is 0.0638 e. The molecule has 0 aromatic heterocycles. The molecule has 2 N–H and O–H groups in total. The standard InChI is InChI=1S/C13H30N2O/c1-6-8-15(9-7-2)12(11-14)10-13(3,4)16-5/h12H,6-11,14H2,1-5H3. The van der Waals surface area contributed by atoms with Crippen LogP contribution in [0.1, 0.15) is 47.0 Å². The van der Waals surface area contributed by atoms with E-state index in [2.05, 4.69) is 32.6 Å². The zero-order valence-corrected chi connectivity index (χ0v) is 11.8. The molecule has 0 aromatic carbocycles. The largest absolute Gasteiger partial charge is 0.379 e. The van der Waals surface area contributed by atoms with Crippen molar-refractivity contribution in [3.63, 3.8) is 0 Å². The lowest BCUT2D eigenvalue weighted by atomic mass is 9.97. The lowest BCUT2D eigenvalue weighted by Crippen LogP contribution is -2.46. The first-order chi connectivity index (χ1) is 7.50. The highest BCUT2D eigenvalue weighted by molar-refractivity contribution is 4.81. The van der Waals surface area contributed by atoms with E-state index in [0.717, 1.165) is 19.5 Å². The fourth-order valence-corrected chi connectivity index (χ4v) is 2.06. The zero-order chi connectivity index (χ0) is 12.6. The summed E-state index contributed by atoms with van der Waals surface area (Å²) in [6, 6.07) is 0.440. The third-order valence-corrected chi connectivity index (χ3v) is 3.09. The van der Waals surface area contributed by atoms with E-state index < -0.39 is 0 Å². The molecule has 0 bridgehead atoms. The van der Waals surface area contributed by atoms with E-state index >= 15 is 0 Å². The van der Waals surface area contributed by atoms with Gasteiger partial charge in [-0.3, -0.25) is 4.90 Å². The smallest absolute Gasteiger partial charge is 0.0638 e. The highest BCUT2D eigenvalue weighted by Gasteiger charge is 2.25. The number of hydrogen-bond acceptors (Lipinski definition) is 3. The van der Waals surface area contributed by atoms with Crippen LogP contribution in [0.5, 0.6) is 0 Å². The number of rotatable bonds is 9. The van der Waals surface area contributed by atoms with Crippen molar-refractivity contribution < 1.29 is 4.74 Å². The molecule has 0 amide bonds. The van der Waals surface area contributed by atoms with E-state index in [-0.39, 0.29) is 5.60 Å². The number of nitrogens with two attached hydrogens (primary N) is 1. The summed E-state index contributed by atoms with van der Waals surface area (Å²) in [7, 11) is 1.78. The van der Waals surface area contributed by atoms with Gasteiger partial charge in [0.1, 0.15) is 0 Å². The molecule has 0 spiro atoms. The second-order valence-corrected chi connectivity index (χ2v) is 5.09. The Kier molecular flexibility index (Phi) is 7.98. The Labute approximate surface area is 101 Å². The van der Waals surface area contributed by atoms with Gasteiger partial charge in [0.2, 0.25) is 0 Å². The van der Waals surface area contributed by atoms with Crippen molar-refractivity contribution in [1.82, 2.24) is 4.90 Å². The molecule has 0 saturated carbocycles. The molecule has 0 heterocycles. The van der Waals surface area contributed by atoms with Crippen molar-refractivity contribution >= 4 is 0 Å². The molecule has 3 heteroatoms. The van der Waals surface area contributed by atoms with Crippen molar-refractivity contribution in [2.75, 3.05) is 26.7 Å². The summed E-state index contributed by atoms with van der Waals surface area (Å²) >= 11 is 0. The van der Waals surface area contributed by atoms with Crippen LogP contribution in [0.3, 0.4) is 0 Å². The average molecular weight is 230 g/mol. The van der Waals surface area contributed by atoms with Gasteiger partial charge in [0.05, 0.1) is 5.60 Å². The van der Waals surface area contributed by atoms with Crippen LogP contribution in [0.2, 0.25) is 0 Å². The topological polar surface area (TPSA) is 38.5 Å². The predicted octanol–water partition coefficient (Wildman–Crippen LogP) is 2.25. The first kappa shape index (κ1) is 15.9. The van der Waals surface area contributed by atoms with Gasteiger partial charge >= 0.3 is 0 Å². The molecule has 0 aliphatic rings. The molecule has 3 nitrogen and oxygen atoms in total. The monoisotopic (exact) mass is 230 g/mol. The summed E-state index contributed by atoms with van der Waals surface area (Å²) in [4.78, 5) is 2.50. The summed E-state index contributed by atoms with van der Waals surface area (Å²) in [6.07, 6.45) is 3.37. The lowest BCUT2D eigenvalue weighted by molar-refractivity contribution is -0.00769. The molecule has 0 rings (SSSR count). The van der Waals surface area contributed by atoms with Crippen LogP contribution < -0.4 is 5.73 Å². The first-order valence-corrected chi connectivity index (χ1v) is 6.50.